The second-order valence-corrected chi connectivity index (χ2v) is 8.91. The highest BCUT2D eigenvalue weighted by atomic mass is 127. The van der Waals surface area contributed by atoms with Crippen molar-refractivity contribution in [2.75, 3.05) is 20.1 Å². The topological polar surface area (TPSA) is 70.4 Å². The Morgan fingerprint density at radius 3 is 2.75 bits per heavy atom. The van der Waals surface area contributed by atoms with Crippen molar-refractivity contribution in [2.24, 2.45) is 4.99 Å². The molecule has 1 fully saturated rings. The molecule has 0 amide bonds. The molecule has 2 aliphatic rings. The molecule has 7 nitrogen and oxygen atoms in total. The van der Waals surface area contributed by atoms with Gasteiger partial charge in [-0.25, -0.2) is 0 Å². The Hall–Kier alpha value is -1.68. The molecule has 32 heavy (non-hydrogen) atoms. The van der Waals surface area contributed by atoms with Gasteiger partial charge in [0, 0.05) is 58.2 Å². The van der Waals surface area contributed by atoms with Gasteiger partial charge in [-0.05, 0) is 38.2 Å². The van der Waals surface area contributed by atoms with Crippen LogP contribution in [-0.2, 0) is 25.9 Å². The zero-order chi connectivity index (χ0) is 21.5. The van der Waals surface area contributed by atoms with Crippen molar-refractivity contribution >= 4 is 29.9 Å². The van der Waals surface area contributed by atoms with E-state index in [1.807, 2.05) is 7.05 Å². The lowest BCUT2D eigenvalue weighted by atomic mass is 9.97. The van der Waals surface area contributed by atoms with E-state index in [9.17, 15) is 0 Å². The molecule has 0 saturated carbocycles. The van der Waals surface area contributed by atoms with Crippen molar-refractivity contribution in [1.29, 1.82) is 0 Å². The normalized spacial score (nSPS) is 21.9. The van der Waals surface area contributed by atoms with Crippen LogP contribution in [0.25, 0.3) is 0 Å². The van der Waals surface area contributed by atoms with Gasteiger partial charge in [-0.2, -0.15) is 0 Å². The summed E-state index contributed by atoms with van der Waals surface area (Å²) in [6.07, 6.45) is 7.96. The van der Waals surface area contributed by atoms with E-state index in [1.165, 1.54) is 24.8 Å². The first-order valence-electron chi connectivity index (χ1n) is 11.9. The number of nitrogens with zero attached hydrogens (tertiary/aromatic N) is 5. The molecule has 0 aliphatic carbocycles. The van der Waals surface area contributed by atoms with Crippen molar-refractivity contribution in [1.82, 2.24) is 30.3 Å². The summed E-state index contributed by atoms with van der Waals surface area (Å²) >= 11 is 0. The van der Waals surface area contributed by atoms with Crippen molar-refractivity contribution in [3.63, 3.8) is 0 Å². The molecule has 4 rings (SSSR count). The molecular formula is C24H38IN7. The first kappa shape index (κ1) is 25.0. The van der Waals surface area contributed by atoms with Gasteiger partial charge in [-0.1, -0.05) is 36.8 Å². The van der Waals surface area contributed by atoms with Gasteiger partial charge in [0.25, 0.3) is 0 Å². The predicted octanol–water partition coefficient (Wildman–Crippen LogP) is 3.38. The SMILES string of the molecule is CN=C(NCCc1nnc2n1CCCCC2)NC1CCN(Cc2ccccc2)C(C)C1.I. The molecule has 0 bridgehead atoms. The van der Waals surface area contributed by atoms with Crippen molar-refractivity contribution in [2.45, 2.75) is 77.0 Å². The number of nitrogens with one attached hydrogen (secondary N) is 2. The largest absolute Gasteiger partial charge is 0.356 e. The van der Waals surface area contributed by atoms with E-state index in [2.05, 4.69) is 72.5 Å². The summed E-state index contributed by atoms with van der Waals surface area (Å²) in [6.45, 7) is 6.36. The fourth-order valence-corrected chi connectivity index (χ4v) is 4.82. The van der Waals surface area contributed by atoms with Crippen molar-refractivity contribution in [3.8, 4) is 0 Å². The van der Waals surface area contributed by atoms with Crippen LogP contribution in [0.5, 0.6) is 0 Å². The standard InChI is InChI=1S/C24H37N7.HI/c1-19-17-21(13-16-30(19)18-20-9-5-3-6-10-20)27-24(25-2)26-14-12-23-29-28-22-11-7-4-8-15-31(22)23;/h3,5-6,9-10,19,21H,4,7-8,11-18H2,1-2H3,(H2,25,26,27);1H. The first-order valence-corrected chi connectivity index (χ1v) is 11.9. The second-order valence-electron chi connectivity index (χ2n) is 8.91. The number of likely N-dealkylation sites (tertiary alicyclic amines) is 1. The number of benzene rings is 1. The minimum atomic E-state index is 0. The molecule has 2 unspecified atom stereocenters. The van der Waals surface area contributed by atoms with Crippen LogP contribution in [0.3, 0.4) is 0 Å². The van der Waals surface area contributed by atoms with E-state index < -0.39 is 0 Å². The van der Waals surface area contributed by atoms with Crippen molar-refractivity contribution < 1.29 is 0 Å². The highest BCUT2D eigenvalue weighted by molar-refractivity contribution is 14.0. The summed E-state index contributed by atoms with van der Waals surface area (Å²) in [5.41, 5.74) is 1.39. The van der Waals surface area contributed by atoms with Crippen LogP contribution in [0.4, 0.5) is 0 Å². The van der Waals surface area contributed by atoms with Crippen LogP contribution < -0.4 is 10.6 Å². The lowest BCUT2D eigenvalue weighted by molar-refractivity contribution is 0.134. The highest BCUT2D eigenvalue weighted by Gasteiger charge is 2.26. The molecule has 1 aromatic carbocycles. The Kier molecular flexibility index (Phi) is 9.77. The zero-order valence-corrected chi connectivity index (χ0v) is 21.8. The van der Waals surface area contributed by atoms with Gasteiger partial charge in [-0.3, -0.25) is 9.89 Å². The molecule has 176 valence electrons. The van der Waals surface area contributed by atoms with Crippen LogP contribution in [0.2, 0.25) is 0 Å². The minimum absolute atomic E-state index is 0. The second kappa shape index (κ2) is 12.5. The van der Waals surface area contributed by atoms with Gasteiger partial charge in [0.05, 0.1) is 0 Å². The van der Waals surface area contributed by atoms with Crippen molar-refractivity contribution in [3.05, 3.63) is 47.5 Å². The third-order valence-electron chi connectivity index (χ3n) is 6.63. The van der Waals surface area contributed by atoms with E-state index in [1.54, 1.807) is 0 Å². The maximum absolute atomic E-state index is 4.45. The Labute approximate surface area is 209 Å². The molecule has 2 aromatic rings. The van der Waals surface area contributed by atoms with E-state index in [0.29, 0.717) is 12.1 Å². The van der Waals surface area contributed by atoms with E-state index in [4.69, 9.17) is 0 Å². The number of aryl methyl sites for hydroxylation is 1. The average molecular weight is 552 g/mol. The number of guanidine groups is 1. The lowest BCUT2D eigenvalue weighted by Gasteiger charge is -2.38. The lowest BCUT2D eigenvalue weighted by Crippen LogP contribution is -2.51. The van der Waals surface area contributed by atoms with E-state index in [-0.39, 0.29) is 24.0 Å². The number of fused-ring (bicyclic) bond motifs is 1. The van der Waals surface area contributed by atoms with Gasteiger partial charge >= 0.3 is 0 Å². The maximum atomic E-state index is 4.45. The number of aromatic nitrogens is 3. The molecule has 1 saturated heterocycles. The number of rotatable bonds is 6. The molecule has 2 atom stereocenters. The maximum Gasteiger partial charge on any atom is 0.191 e. The fraction of sp³-hybridized carbons (Fsp3) is 0.625. The fourth-order valence-electron chi connectivity index (χ4n) is 4.82. The molecule has 2 aliphatic heterocycles. The first-order chi connectivity index (χ1) is 15.2. The Morgan fingerprint density at radius 2 is 1.97 bits per heavy atom. The summed E-state index contributed by atoms with van der Waals surface area (Å²) in [6, 6.07) is 11.8. The van der Waals surface area contributed by atoms with Gasteiger partial charge in [-0.15, -0.1) is 34.2 Å². The number of hydrogen-bond donors (Lipinski definition) is 2. The third kappa shape index (κ3) is 6.66. The summed E-state index contributed by atoms with van der Waals surface area (Å²) in [5.74, 6) is 3.15. The minimum Gasteiger partial charge on any atom is -0.356 e. The summed E-state index contributed by atoms with van der Waals surface area (Å²) in [4.78, 5) is 7.04. The zero-order valence-electron chi connectivity index (χ0n) is 19.5. The quantitative estimate of drug-likeness (QED) is 0.328. The van der Waals surface area contributed by atoms with Crippen LogP contribution in [0.1, 0.15) is 56.2 Å². The highest BCUT2D eigenvalue weighted by Crippen LogP contribution is 2.20. The third-order valence-corrected chi connectivity index (χ3v) is 6.63. The Morgan fingerprint density at radius 1 is 1.12 bits per heavy atom. The molecule has 1 aromatic heterocycles. The van der Waals surface area contributed by atoms with Gasteiger partial charge in [0.1, 0.15) is 11.6 Å². The number of hydrogen-bond acceptors (Lipinski definition) is 4. The van der Waals surface area contributed by atoms with Gasteiger partial charge in [0.15, 0.2) is 5.96 Å². The van der Waals surface area contributed by atoms with E-state index in [0.717, 1.165) is 69.5 Å². The number of piperidine rings is 1. The Bertz CT molecular complexity index is 851. The summed E-state index contributed by atoms with van der Waals surface area (Å²) in [7, 11) is 1.85. The number of aliphatic imine (C=N–C) groups is 1. The number of halogens is 1. The van der Waals surface area contributed by atoms with Crippen LogP contribution >= 0.6 is 24.0 Å². The molecule has 3 heterocycles. The van der Waals surface area contributed by atoms with Gasteiger partial charge in [0.2, 0.25) is 0 Å². The van der Waals surface area contributed by atoms with Crippen LogP contribution in [0.15, 0.2) is 35.3 Å². The average Bonchev–Trinajstić information content (AvgIpc) is 3.01. The summed E-state index contributed by atoms with van der Waals surface area (Å²) < 4.78 is 2.33. The molecule has 0 radical (unpaired) electrons. The smallest absolute Gasteiger partial charge is 0.191 e. The van der Waals surface area contributed by atoms with Crippen LogP contribution in [0, 0.1) is 0 Å². The summed E-state index contributed by atoms with van der Waals surface area (Å²) in [5, 5.41) is 16.0. The van der Waals surface area contributed by atoms with Gasteiger partial charge < -0.3 is 15.2 Å². The van der Waals surface area contributed by atoms with E-state index >= 15 is 0 Å². The monoisotopic (exact) mass is 551 g/mol. The molecule has 2 N–H and O–H groups in total. The Balaban J connectivity index is 0.00000289. The molecular weight excluding hydrogens is 513 g/mol. The van der Waals surface area contributed by atoms with Crippen LogP contribution in [-0.4, -0.2) is 57.8 Å². The molecule has 8 heteroatoms. The molecule has 0 spiro atoms. The predicted molar refractivity (Wildman–Crippen MR) is 141 cm³/mol.